The first-order valence-electron chi connectivity index (χ1n) is 8.06. The molecule has 0 amide bonds. The molecule has 2 heterocycles. The van der Waals surface area contributed by atoms with Crippen LogP contribution in [0.2, 0.25) is 0 Å². The molecule has 0 spiro atoms. The highest BCUT2D eigenvalue weighted by Gasteiger charge is 2.09. The predicted octanol–water partition coefficient (Wildman–Crippen LogP) is 0.145. The van der Waals surface area contributed by atoms with E-state index in [2.05, 4.69) is 31.6 Å². The van der Waals surface area contributed by atoms with Crippen LogP contribution < -0.4 is 15.5 Å². The van der Waals surface area contributed by atoms with Crippen molar-refractivity contribution in [1.82, 2.24) is 20.5 Å². The van der Waals surface area contributed by atoms with Gasteiger partial charge in [-0.3, -0.25) is 9.89 Å². The normalized spacial score (nSPS) is 16.2. The van der Waals surface area contributed by atoms with Gasteiger partial charge in [-0.2, -0.15) is 0 Å². The van der Waals surface area contributed by atoms with E-state index in [-0.39, 0.29) is 0 Å². The van der Waals surface area contributed by atoms with E-state index in [1.165, 1.54) is 5.56 Å². The van der Waals surface area contributed by atoms with Gasteiger partial charge in [-0.15, -0.1) is 0 Å². The Labute approximate surface area is 138 Å². The molecule has 23 heavy (non-hydrogen) atoms. The number of anilines is 1. The molecule has 0 unspecified atom stereocenters. The second-order valence-electron chi connectivity index (χ2n) is 5.72. The van der Waals surface area contributed by atoms with E-state index in [0.29, 0.717) is 0 Å². The summed E-state index contributed by atoms with van der Waals surface area (Å²) < 4.78 is 5.36. The number of ether oxygens (including phenoxy) is 1. The van der Waals surface area contributed by atoms with Crippen molar-refractivity contribution in [2.75, 3.05) is 65.4 Å². The summed E-state index contributed by atoms with van der Waals surface area (Å²) in [7, 11) is 5.78. The van der Waals surface area contributed by atoms with Crippen LogP contribution in [0, 0.1) is 0 Å². The third-order valence-electron chi connectivity index (χ3n) is 3.78. The summed E-state index contributed by atoms with van der Waals surface area (Å²) in [6.45, 7) is 6.30. The van der Waals surface area contributed by atoms with E-state index in [1.807, 2.05) is 31.3 Å². The number of morpholine rings is 1. The van der Waals surface area contributed by atoms with Crippen molar-refractivity contribution in [2.24, 2.45) is 4.99 Å². The highest BCUT2D eigenvalue weighted by atomic mass is 16.5. The third kappa shape index (κ3) is 6.03. The Balaban J connectivity index is 1.73. The van der Waals surface area contributed by atoms with Gasteiger partial charge >= 0.3 is 0 Å². The van der Waals surface area contributed by atoms with Crippen molar-refractivity contribution in [3.05, 3.63) is 23.9 Å². The van der Waals surface area contributed by atoms with Gasteiger partial charge in [0.15, 0.2) is 5.96 Å². The highest BCUT2D eigenvalue weighted by Crippen LogP contribution is 2.09. The van der Waals surface area contributed by atoms with Crippen LogP contribution >= 0.6 is 0 Å². The van der Waals surface area contributed by atoms with Crippen molar-refractivity contribution in [2.45, 2.75) is 6.54 Å². The number of hydrogen-bond acceptors (Lipinski definition) is 5. The fraction of sp³-hybridized carbons (Fsp3) is 0.625. The van der Waals surface area contributed by atoms with Gasteiger partial charge in [-0.25, -0.2) is 4.98 Å². The van der Waals surface area contributed by atoms with Gasteiger partial charge in [0, 0.05) is 60.1 Å². The third-order valence-corrected chi connectivity index (χ3v) is 3.78. The summed E-state index contributed by atoms with van der Waals surface area (Å²) in [6, 6.07) is 4.09. The molecule has 0 radical (unpaired) electrons. The molecule has 0 aromatic carbocycles. The molecule has 0 aliphatic carbocycles. The van der Waals surface area contributed by atoms with Crippen LogP contribution in [0.1, 0.15) is 5.56 Å². The van der Waals surface area contributed by atoms with E-state index >= 15 is 0 Å². The molecule has 128 valence electrons. The zero-order valence-corrected chi connectivity index (χ0v) is 14.4. The van der Waals surface area contributed by atoms with E-state index in [1.54, 1.807) is 7.05 Å². The topological polar surface area (TPSA) is 65.0 Å². The molecule has 1 aromatic rings. The van der Waals surface area contributed by atoms with Gasteiger partial charge in [0.05, 0.1) is 13.2 Å². The van der Waals surface area contributed by atoms with Crippen LogP contribution in [0.5, 0.6) is 0 Å². The maximum Gasteiger partial charge on any atom is 0.191 e. The van der Waals surface area contributed by atoms with Gasteiger partial charge in [0.25, 0.3) is 0 Å². The maximum absolute atomic E-state index is 5.36. The molecule has 2 N–H and O–H groups in total. The van der Waals surface area contributed by atoms with Crippen molar-refractivity contribution in [3.8, 4) is 0 Å². The maximum atomic E-state index is 5.36. The Hall–Kier alpha value is -1.86. The summed E-state index contributed by atoms with van der Waals surface area (Å²) in [4.78, 5) is 13.0. The largest absolute Gasteiger partial charge is 0.379 e. The SMILES string of the molecule is CN=C(NCCN1CCOCC1)NCc1ccnc(N(C)C)c1. The minimum Gasteiger partial charge on any atom is -0.379 e. The average Bonchev–Trinajstić information content (AvgIpc) is 2.59. The summed E-state index contributed by atoms with van der Waals surface area (Å²) >= 11 is 0. The molecule has 7 nitrogen and oxygen atoms in total. The summed E-state index contributed by atoms with van der Waals surface area (Å²) in [6.07, 6.45) is 1.83. The van der Waals surface area contributed by atoms with Crippen molar-refractivity contribution in [3.63, 3.8) is 0 Å². The van der Waals surface area contributed by atoms with Crippen LogP contribution in [0.3, 0.4) is 0 Å². The number of guanidine groups is 1. The first-order valence-corrected chi connectivity index (χ1v) is 8.06. The molecule has 1 aromatic heterocycles. The summed E-state index contributed by atoms with van der Waals surface area (Å²) in [5.74, 6) is 1.78. The first kappa shape index (κ1) is 17.5. The zero-order chi connectivity index (χ0) is 16.5. The lowest BCUT2D eigenvalue weighted by Gasteiger charge is -2.26. The molecule has 0 bridgehead atoms. The van der Waals surface area contributed by atoms with Crippen LogP contribution in [-0.4, -0.2) is 76.4 Å². The number of nitrogens with one attached hydrogen (secondary N) is 2. The molecule has 1 aliphatic heterocycles. The number of rotatable bonds is 6. The van der Waals surface area contributed by atoms with Crippen LogP contribution in [0.25, 0.3) is 0 Å². The first-order chi connectivity index (χ1) is 11.2. The van der Waals surface area contributed by atoms with Crippen LogP contribution in [0.4, 0.5) is 5.82 Å². The zero-order valence-electron chi connectivity index (χ0n) is 14.4. The molecular formula is C16H28N6O. The molecule has 1 aliphatic rings. The second kappa shape index (κ2) is 9.32. The Morgan fingerprint density at radius 2 is 2.13 bits per heavy atom. The number of nitrogens with zero attached hydrogens (tertiary/aromatic N) is 4. The van der Waals surface area contributed by atoms with Gasteiger partial charge in [0.1, 0.15) is 5.82 Å². The Morgan fingerprint density at radius 3 is 2.83 bits per heavy atom. The molecule has 0 saturated carbocycles. The Kier molecular flexibility index (Phi) is 7.09. The Morgan fingerprint density at radius 1 is 1.35 bits per heavy atom. The molecular weight excluding hydrogens is 292 g/mol. The van der Waals surface area contributed by atoms with Crippen molar-refractivity contribution >= 4 is 11.8 Å². The number of aromatic nitrogens is 1. The standard InChI is InChI=1S/C16H28N6O/c1-17-16(19-6-7-22-8-10-23-11-9-22)20-13-14-4-5-18-15(12-14)21(2)3/h4-5,12H,6-11,13H2,1-3H3,(H2,17,19,20). The fourth-order valence-electron chi connectivity index (χ4n) is 2.38. The van der Waals surface area contributed by atoms with Gasteiger partial charge in [-0.05, 0) is 17.7 Å². The van der Waals surface area contributed by atoms with Crippen LogP contribution in [-0.2, 0) is 11.3 Å². The lowest BCUT2D eigenvalue weighted by molar-refractivity contribution is 0.0389. The van der Waals surface area contributed by atoms with Gasteiger partial charge in [0.2, 0.25) is 0 Å². The minimum absolute atomic E-state index is 0.723. The molecule has 0 atom stereocenters. The average molecular weight is 320 g/mol. The van der Waals surface area contributed by atoms with Crippen molar-refractivity contribution in [1.29, 1.82) is 0 Å². The van der Waals surface area contributed by atoms with Crippen molar-refractivity contribution < 1.29 is 4.74 Å². The lowest BCUT2D eigenvalue weighted by Crippen LogP contribution is -2.44. The lowest BCUT2D eigenvalue weighted by atomic mass is 10.2. The fourth-order valence-corrected chi connectivity index (χ4v) is 2.38. The molecule has 1 saturated heterocycles. The van der Waals surface area contributed by atoms with E-state index in [9.17, 15) is 0 Å². The van der Waals surface area contributed by atoms with E-state index in [4.69, 9.17) is 4.74 Å². The molecule has 7 heteroatoms. The molecule has 2 rings (SSSR count). The molecule has 1 fully saturated rings. The monoisotopic (exact) mass is 320 g/mol. The summed E-state index contributed by atoms with van der Waals surface area (Å²) in [5, 5.41) is 6.69. The minimum atomic E-state index is 0.723. The quantitative estimate of drug-likeness (QED) is 0.574. The Bertz CT molecular complexity index is 499. The van der Waals surface area contributed by atoms with E-state index < -0.39 is 0 Å². The highest BCUT2D eigenvalue weighted by molar-refractivity contribution is 5.79. The predicted molar refractivity (Wildman–Crippen MR) is 94.0 cm³/mol. The second-order valence-corrected chi connectivity index (χ2v) is 5.72. The van der Waals surface area contributed by atoms with Crippen LogP contribution in [0.15, 0.2) is 23.3 Å². The number of aliphatic imine (C=N–C) groups is 1. The number of hydrogen-bond donors (Lipinski definition) is 2. The summed E-state index contributed by atoms with van der Waals surface area (Å²) in [5.41, 5.74) is 1.18. The smallest absolute Gasteiger partial charge is 0.191 e. The van der Waals surface area contributed by atoms with Gasteiger partial charge in [-0.1, -0.05) is 0 Å². The van der Waals surface area contributed by atoms with E-state index in [0.717, 1.165) is 57.7 Å². The van der Waals surface area contributed by atoms with Gasteiger partial charge < -0.3 is 20.3 Å². The number of pyridine rings is 1.